The number of aromatic hydroxyl groups is 2. The van der Waals surface area contributed by atoms with E-state index in [1.54, 1.807) is 18.2 Å². The highest BCUT2D eigenvalue weighted by Crippen LogP contribution is 2.40. The topological polar surface area (TPSA) is 40.5 Å². The number of rotatable bonds is 4. The van der Waals surface area contributed by atoms with Gasteiger partial charge in [0.05, 0.1) is 0 Å². The highest BCUT2D eigenvalue weighted by atomic mass is 16.3. The van der Waals surface area contributed by atoms with Gasteiger partial charge >= 0.3 is 0 Å². The maximum absolute atomic E-state index is 9.73. The van der Waals surface area contributed by atoms with Crippen molar-refractivity contribution in [2.45, 2.75) is 39.0 Å². The largest absolute Gasteiger partial charge is 0.508 e. The molecule has 0 unspecified atom stereocenters. The van der Waals surface area contributed by atoms with Gasteiger partial charge in [0.1, 0.15) is 11.5 Å². The monoisotopic (exact) mass is 270 g/mol. The SMILES string of the molecule is CCC(CC)(c1ccc(O)cc1)c1ccc(O)c(C)c1. The third-order valence-corrected chi connectivity index (χ3v) is 4.38. The van der Waals surface area contributed by atoms with Crippen LogP contribution in [0, 0.1) is 6.92 Å². The lowest BCUT2D eigenvalue weighted by Crippen LogP contribution is -2.26. The van der Waals surface area contributed by atoms with E-state index >= 15 is 0 Å². The summed E-state index contributed by atoms with van der Waals surface area (Å²) < 4.78 is 0. The molecule has 0 fully saturated rings. The predicted octanol–water partition coefficient (Wildman–Crippen LogP) is 4.51. The van der Waals surface area contributed by atoms with Gasteiger partial charge in [0, 0.05) is 5.41 Å². The van der Waals surface area contributed by atoms with E-state index in [0.717, 1.165) is 18.4 Å². The van der Waals surface area contributed by atoms with Crippen molar-refractivity contribution in [2.24, 2.45) is 0 Å². The van der Waals surface area contributed by atoms with Crippen molar-refractivity contribution in [2.75, 3.05) is 0 Å². The Balaban J connectivity index is 2.58. The van der Waals surface area contributed by atoms with Crippen LogP contribution in [-0.2, 0) is 5.41 Å². The molecule has 0 heterocycles. The second kappa shape index (κ2) is 5.58. The van der Waals surface area contributed by atoms with E-state index in [9.17, 15) is 10.2 Å². The predicted molar refractivity (Wildman–Crippen MR) is 82.3 cm³/mol. The van der Waals surface area contributed by atoms with Gasteiger partial charge in [-0.2, -0.15) is 0 Å². The van der Waals surface area contributed by atoms with Crippen LogP contribution in [0.25, 0.3) is 0 Å². The molecule has 2 nitrogen and oxygen atoms in total. The van der Waals surface area contributed by atoms with Gasteiger partial charge in [-0.1, -0.05) is 38.1 Å². The van der Waals surface area contributed by atoms with Crippen molar-refractivity contribution in [3.05, 3.63) is 59.2 Å². The average Bonchev–Trinajstić information content (AvgIpc) is 2.46. The highest BCUT2D eigenvalue weighted by molar-refractivity contribution is 5.45. The van der Waals surface area contributed by atoms with Crippen molar-refractivity contribution < 1.29 is 10.2 Å². The number of hydrogen-bond donors (Lipinski definition) is 2. The Hall–Kier alpha value is -1.96. The van der Waals surface area contributed by atoms with Gasteiger partial charge < -0.3 is 10.2 Å². The van der Waals surface area contributed by atoms with Crippen LogP contribution in [0.4, 0.5) is 0 Å². The summed E-state index contributed by atoms with van der Waals surface area (Å²) in [6, 6.07) is 13.3. The average molecular weight is 270 g/mol. The second-order valence-electron chi connectivity index (χ2n) is 5.34. The van der Waals surface area contributed by atoms with Crippen LogP contribution in [0.2, 0.25) is 0 Å². The van der Waals surface area contributed by atoms with Gasteiger partial charge in [-0.25, -0.2) is 0 Å². The number of hydrogen-bond acceptors (Lipinski definition) is 2. The Bertz CT molecular complexity index is 581. The molecule has 2 heteroatoms. The molecule has 2 rings (SSSR count). The molecule has 0 radical (unpaired) electrons. The summed E-state index contributed by atoms with van der Waals surface area (Å²) in [6.45, 7) is 6.28. The standard InChI is InChI=1S/C18H22O2/c1-4-18(5-2,14-6-9-16(19)10-7-14)15-8-11-17(20)13(3)12-15/h6-12,19-20H,4-5H2,1-3H3. The van der Waals surface area contributed by atoms with E-state index in [0.29, 0.717) is 5.75 Å². The fourth-order valence-electron chi connectivity index (χ4n) is 2.97. The van der Waals surface area contributed by atoms with Crippen molar-refractivity contribution >= 4 is 0 Å². The molecule has 106 valence electrons. The molecule has 0 aromatic heterocycles. The maximum Gasteiger partial charge on any atom is 0.118 e. The summed E-state index contributed by atoms with van der Waals surface area (Å²) in [7, 11) is 0. The minimum atomic E-state index is -0.0772. The lowest BCUT2D eigenvalue weighted by molar-refractivity contribution is 0.459. The number of phenolic OH excluding ortho intramolecular Hbond substituents is 2. The Morgan fingerprint density at radius 1 is 0.850 bits per heavy atom. The van der Waals surface area contributed by atoms with Crippen LogP contribution < -0.4 is 0 Å². The van der Waals surface area contributed by atoms with Gasteiger partial charge in [0.2, 0.25) is 0 Å². The molecule has 0 aliphatic carbocycles. The van der Waals surface area contributed by atoms with E-state index in [2.05, 4.69) is 19.9 Å². The molecule has 0 spiro atoms. The second-order valence-corrected chi connectivity index (χ2v) is 5.34. The third-order valence-electron chi connectivity index (χ3n) is 4.38. The lowest BCUT2D eigenvalue weighted by atomic mass is 9.70. The fourth-order valence-corrected chi connectivity index (χ4v) is 2.97. The number of benzene rings is 2. The van der Waals surface area contributed by atoms with Gasteiger partial charge in [0.25, 0.3) is 0 Å². The third kappa shape index (κ3) is 2.38. The quantitative estimate of drug-likeness (QED) is 0.858. The molecule has 20 heavy (non-hydrogen) atoms. The zero-order chi connectivity index (χ0) is 14.8. The van der Waals surface area contributed by atoms with Crippen molar-refractivity contribution in [1.82, 2.24) is 0 Å². The first-order valence-corrected chi connectivity index (χ1v) is 7.13. The van der Waals surface area contributed by atoms with Crippen molar-refractivity contribution in [3.63, 3.8) is 0 Å². The number of aryl methyl sites for hydroxylation is 1. The van der Waals surface area contributed by atoms with E-state index in [1.807, 2.05) is 25.1 Å². The molecule has 0 atom stereocenters. The van der Waals surface area contributed by atoms with Crippen LogP contribution in [0.3, 0.4) is 0 Å². The van der Waals surface area contributed by atoms with E-state index in [-0.39, 0.29) is 11.2 Å². The van der Waals surface area contributed by atoms with Crippen LogP contribution in [0.5, 0.6) is 11.5 Å². The van der Waals surface area contributed by atoms with Crippen molar-refractivity contribution in [3.8, 4) is 11.5 Å². The Labute approximate surface area is 120 Å². The van der Waals surface area contributed by atoms with Crippen LogP contribution in [0.15, 0.2) is 42.5 Å². The Kier molecular flexibility index (Phi) is 4.03. The first kappa shape index (κ1) is 14.4. The fraction of sp³-hybridized carbons (Fsp3) is 0.333. The summed E-state index contributed by atoms with van der Waals surface area (Å²) in [5, 5.41) is 19.2. The first-order chi connectivity index (χ1) is 9.53. The van der Waals surface area contributed by atoms with Gasteiger partial charge in [-0.05, 0) is 54.7 Å². The molecular weight excluding hydrogens is 248 g/mol. The number of phenols is 2. The molecule has 0 aliphatic rings. The van der Waals surface area contributed by atoms with Gasteiger partial charge in [-0.3, -0.25) is 0 Å². The zero-order valence-corrected chi connectivity index (χ0v) is 12.4. The molecule has 2 N–H and O–H groups in total. The highest BCUT2D eigenvalue weighted by Gasteiger charge is 2.30. The first-order valence-electron chi connectivity index (χ1n) is 7.13. The molecule has 0 aliphatic heterocycles. The van der Waals surface area contributed by atoms with E-state index in [1.165, 1.54) is 11.1 Å². The summed E-state index contributed by atoms with van der Waals surface area (Å²) >= 11 is 0. The lowest BCUT2D eigenvalue weighted by Gasteiger charge is -2.33. The molecular formula is C18H22O2. The maximum atomic E-state index is 9.73. The normalized spacial score (nSPS) is 11.6. The summed E-state index contributed by atoms with van der Waals surface area (Å²) in [4.78, 5) is 0. The van der Waals surface area contributed by atoms with Gasteiger partial charge in [0.15, 0.2) is 0 Å². The molecule has 0 bridgehead atoms. The molecule has 0 saturated heterocycles. The van der Waals surface area contributed by atoms with Crippen LogP contribution in [-0.4, -0.2) is 10.2 Å². The van der Waals surface area contributed by atoms with Crippen molar-refractivity contribution in [1.29, 1.82) is 0 Å². The van der Waals surface area contributed by atoms with Crippen LogP contribution >= 0.6 is 0 Å². The van der Waals surface area contributed by atoms with Crippen LogP contribution in [0.1, 0.15) is 43.4 Å². The summed E-state index contributed by atoms with van der Waals surface area (Å²) in [5.41, 5.74) is 3.23. The smallest absolute Gasteiger partial charge is 0.118 e. The van der Waals surface area contributed by atoms with Gasteiger partial charge in [-0.15, -0.1) is 0 Å². The Morgan fingerprint density at radius 3 is 1.90 bits per heavy atom. The minimum absolute atomic E-state index is 0.0772. The molecule has 0 amide bonds. The molecule has 2 aromatic carbocycles. The van der Waals surface area contributed by atoms with E-state index in [4.69, 9.17) is 0 Å². The molecule has 0 saturated carbocycles. The molecule has 2 aromatic rings. The minimum Gasteiger partial charge on any atom is -0.508 e. The summed E-state index contributed by atoms with van der Waals surface area (Å²) in [5.74, 6) is 0.623. The zero-order valence-electron chi connectivity index (χ0n) is 12.4. The summed E-state index contributed by atoms with van der Waals surface area (Å²) in [6.07, 6.45) is 1.94. The van der Waals surface area contributed by atoms with E-state index < -0.39 is 0 Å². The Morgan fingerprint density at radius 2 is 1.40 bits per heavy atom.